The molecule has 0 bridgehead atoms. The summed E-state index contributed by atoms with van der Waals surface area (Å²) in [6, 6.07) is 11.0. The van der Waals surface area contributed by atoms with Gasteiger partial charge in [-0.3, -0.25) is 14.9 Å². The Labute approximate surface area is 144 Å². The summed E-state index contributed by atoms with van der Waals surface area (Å²) in [6.45, 7) is 0.0476. The Kier molecular flexibility index (Phi) is 6.16. The number of benzene rings is 2. The van der Waals surface area contributed by atoms with Crippen molar-refractivity contribution in [2.45, 2.75) is 6.54 Å². The van der Waals surface area contributed by atoms with Gasteiger partial charge in [0.25, 0.3) is 11.6 Å². The molecule has 2 aromatic rings. The smallest absolute Gasteiger partial charge is 0.273 e. The van der Waals surface area contributed by atoms with Crippen LogP contribution in [0.3, 0.4) is 0 Å². The zero-order valence-corrected chi connectivity index (χ0v) is 13.9. The second-order valence-corrected chi connectivity index (χ2v) is 5.01. The molecule has 25 heavy (non-hydrogen) atoms. The molecule has 0 aliphatic carbocycles. The highest BCUT2D eigenvalue weighted by Gasteiger charge is 2.09. The molecule has 2 rings (SSSR count). The third-order valence-electron chi connectivity index (χ3n) is 3.34. The van der Waals surface area contributed by atoms with E-state index < -0.39 is 4.92 Å². The van der Waals surface area contributed by atoms with Gasteiger partial charge in [0, 0.05) is 12.6 Å². The fraction of sp³-hybridized carbons (Fsp3) is 0.235. The highest BCUT2D eigenvalue weighted by Crippen LogP contribution is 2.27. The average molecular weight is 346 g/mol. The Morgan fingerprint density at radius 2 is 1.88 bits per heavy atom. The number of rotatable bonds is 8. The summed E-state index contributed by atoms with van der Waals surface area (Å²) in [4.78, 5) is 22.0. The van der Waals surface area contributed by atoms with Crippen LogP contribution in [0.1, 0.15) is 5.56 Å². The van der Waals surface area contributed by atoms with E-state index in [0.717, 1.165) is 5.56 Å². The van der Waals surface area contributed by atoms with E-state index in [1.807, 2.05) is 6.07 Å². The molecule has 0 fully saturated rings. The molecule has 132 valence electrons. The number of nitrogens with zero attached hydrogens (tertiary/aromatic N) is 1. The number of carbonyl (C=O) groups excluding carboxylic acids is 1. The number of ether oxygens (including phenoxy) is 3. The zero-order valence-electron chi connectivity index (χ0n) is 13.9. The fourth-order valence-corrected chi connectivity index (χ4v) is 2.08. The third-order valence-corrected chi connectivity index (χ3v) is 3.34. The third kappa shape index (κ3) is 5.10. The Morgan fingerprint density at radius 1 is 1.12 bits per heavy atom. The van der Waals surface area contributed by atoms with Crippen LogP contribution in [0.4, 0.5) is 5.69 Å². The van der Waals surface area contributed by atoms with Gasteiger partial charge in [-0.15, -0.1) is 0 Å². The van der Waals surface area contributed by atoms with E-state index in [9.17, 15) is 14.9 Å². The number of hydrogen-bond donors (Lipinski definition) is 1. The first-order chi connectivity index (χ1) is 12.0. The number of carbonyl (C=O) groups is 1. The average Bonchev–Trinajstić information content (AvgIpc) is 2.64. The Balaban J connectivity index is 1.87. The summed E-state index contributed by atoms with van der Waals surface area (Å²) in [5.74, 6) is 1.09. The Morgan fingerprint density at radius 3 is 2.56 bits per heavy atom. The molecule has 0 unspecified atom stereocenters. The molecule has 1 N–H and O–H groups in total. The summed E-state index contributed by atoms with van der Waals surface area (Å²) in [6.07, 6.45) is 0. The molecule has 0 aromatic heterocycles. The summed E-state index contributed by atoms with van der Waals surface area (Å²) < 4.78 is 15.6. The van der Waals surface area contributed by atoms with Gasteiger partial charge < -0.3 is 19.5 Å². The number of non-ortho nitro benzene ring substituents is 1. The first-order valence-electron chi connectivity index (χ1n) is 7.38. The zero-order chi connectivity index (χ0) is 18.2. The molecule has 0 heterocycles. The lowest BCUT2D eigenvalue weighted by Crippen LogP contribution is -2.28. The molecule has 0 spiro atoms. The molecule has 0 saturated carbocycles. The van der Waals surface area contributed by atoms with Crippen LogP contribution in [0.25, 0.3) is 0 Å². The van der Waals surface area contributed by atoms with Crippen LogP contribution in [0.5, 0.6) is 17.2 Å². The van der Waals surface area contributed by atoms with Crippen LogP contribution < -0.4 is 19.5 Å². The van der Waals surface area contributed by atoms with Crippen molar-refractivity contribution in [1.29, 1.82) is 0 Å². The summed E-state index contributed by atoms with van der Waals surface area (Å²) in [7, 11) is 3.08. The lowest BCUT2D eigenvalue weighted by Gasteiger charge is -2.11. The maximum absolute atomic E-state index is 11.9. The van der Waals surface area contributed by atoms with E-state index in [2.05, 4.69) is 5.32 Å². The van der Waals surface area contributed by atoms with E-state index in [-0.39, 0.29) is 30.5 Å². The van der Waals surface area contributed by atoms with Gasteiger partial charge in [0.2, 0.25) is 0 Å². The molecule has 8 nitrogen and oxygen atoms in total. The van der Waals surface area contributed by atoms with Crippen molar-refractivity contribution in [2.75, 3.05) is 20.8 Å². The van der Waals surface area contributed by atoms with E-state index in [4.69, 9.17) is 14.2 Å². The van der Waals surface area contributed by atoms with Crippen molar-refractivity contribution in [3.8, 4) is 17.2 Å². The van der Waals surface area contributed by atoms with Crippen molar-refractivity contribution < 1.29 is 23.9 Å². The quantitative estimate of drug-likeness (QED) is 0.581. The number of methoxy groups -OCH3 is 2. The highest BCUT2D eigenvalue weighted by molar-refractivity contribution is 5.77. The predicted octanol–water partition coefficient (Wildman–Crippen LogP) is 2.31. The lowest BCUT2D eigenvalue weighted by atomic mass is 10.2. The normalized spacial score (nSPS) is 10.0. The summed E-state index contributed by atoms with van der Waals surface area (Å²) in [5, 5.41) is 13.4. The molecule has 0 radical (unpaired) electrons. The minimum Gasteiger partial charge on any atom is -0.493 e. The van der Waals surface area contributed by atoms with Gasteiger partial charge in [0.05, 0.1) is 25.2 Å². The van der Waals surface area contributed by atoms with E-state index in [1.54, 1.807) is 25.3 Å². The first-order valence-corrected chi connectivity index (χ1v) is 7.38. The van der Waals surface area contributed by atoms with Gasteiger partial charge >= 0.3 is 0 Å². The number of nitro groups is 1. The van der Waals surface area contributed by atoms with Crippen molar-refractivity contribution in [2.24, 2.45) is 0 Å². The largest absolute Gasteiger partial charge is 0.493 e. The van der Waals surface area contributed by atoms with Crippen molar-refractivity contribution in [1.82, 2.24) is 5.32 Å². The monoisotopic (exact) mass is 346 g/mol. The minimum atomic E-state index is -0.524. The van der Waals surface area contributed by atoms with E-state index in [1.165, 1.54) is 25.3 Å². The van der Waals surface area contributed by atoms with Gasteiger partial charge in [-0.05, 0) is 23.8 Å². The van der Waals surface area contributed by atoms with Gasteiger partial charge in [0.1, 0.15) is 5.75 Å². The van der Waals surface area contributed by atoms with Crippen LogP contribution in [-0.4, -0.2) is 31.7 Å². The maximum Gasteiger partial charge on any atom is 0.273 e. The van der Waals surface area contributed by atoms with Crippen LogP contribution in [0, 0.1) is 10.1 Å². The van der Waals surface area contributed by atoms with Gasteiger partial charge in [-0.25, -0.2) is 0 Å². The molecular weight excluding hydrogens is 328 g/mol. The van der Waals surface area contributed by atoms with Crippen molar-refractivity contribution in [3.63, 3.8) is 0 Å². The first kappa shape index (κ1) is 18.1. The minimum absolute atomic E-state index is 0.0942. The lowest BCUT2D eigenvalue weighted by molar-refractivity contribution is -0.384. The van der Waals surface area contributed by atoms with E-state index in [0.29, 0.717) is 11.5 Å². The summed E-state index contributed by atoms with van der Waals surface area (Å²) >= 11 is 0. The van der Waals surface area contributed by atoms with Crippen LogP contribution in [-0.2, 0) is 11.3 Å². The standard InChI is InChI=1S/C17H18N2O6/c1-23-15-7-6-12(8-16(15)24-2)10-18-17(20)11-25-14-5-3-4-13(9-14)19(21)22/h3-9H,10-11H2,1-2H3,(H,18,20). The Hall–Kier alpha value is -3.29. The van der Waals surface area contributed by atoms with Gasteiger partial charge in [-0.1, -0.05) is 12.1 Å². The fourth-order valence-electron chi connectivity index (χ4n) is 2.08. The van der Waals surface area contributed by atoms with Gasteiger partial charge in [-0.2, -0.15) is 0 Å². The SMILES string of the molecule is COc1ccc(CNC(=O)COc2cccc([N+](=O)[O-])c2)cc1OC. The molecule has 0 atom stereocenters. The number of hydrogen-bond acceptors (Lipinski definition) is 6. The van der Waals surface area contributed by atoms with Gasteiger partial charge in [0.15, 0.2) is 18.1 Å². The molecule has 8 heteroatoms. The van der Waals surface area contributed by atoms with Crippen molar-refractivity contribution >= 4 is 11.6 Å². The highest BCUT2D eigenvalue weighted by atomic mass is 16.6. The number of nitrogens with one attached hydrogen (secondary N) is 1. The summed E-state index contributed by atoms with van der Waals surface area (Å²) in [5.41, 5.74) is 0.740. The molecule has 0 aliphatic heterocycles. The second kappa shape index (κ2) is 8.53. The van der Waals surface area contributed by atoms with Crippen LogP contribution >= 0.6 is 0 Å². The molecule has 1 amide bonds. The molecule has 2 aromatic carbocycles. The predicted molar refractivity (Wildman–Crippen MR) is 90.0 cm³/mol. The van der Waals surface area contributed by atoms with Crippen molar-refractivity contribution in [3.05, 3.63) is 58.1 Å². The second-order valence-electron chi connectivity index (χ2n) is 5.01. The number of amides is 1. The van der Waals surface area contributed by atoms with Crippen LogP contribution in [0.15, 0.2) is 42.5 Å². The van der Waals surface area contributed by atoms with Crippen LogP contribution in [0.2, 0.25) is 0 Å². The maximum atomic E-state index is 11.9. The molecular formula is C17H18N2O6. The molecule has 0 saturated heterocycles. The van der Waals surface area contributed by atoms with E-state index >= 15 is 0 Å². The topological polar surface area (TPSA) is 99.9 Å². The number of nitro benzene ring substituents is 1. The molecule has 0 aliphatic rings. The Bertz CT molecular complexity index is 763.